The Morgan fingerprint density at radius 1 is 0.943 bits per heavy atom. The van der Waals surface area contributed by atoms with Crippen LogP contribution in [0, 0.1) is 22.7 Å². The van der Waals surface area contributed by atoms with Gasteiger partial charge in [0.25, 0.3) is 0 Å². The lowest BCUT2D eigenvalue weighted by Crippen LogP contribution is -2.31. The van der Waals surface area contributed by atoms with Gasteiger partial charge < -0.3 is 9.67 Å². The molecule has 1 atom stereocenters. The molecule has 168 valence electrons. The number of hydrogen-bond acceptors (Lipinski definition) is 5. The van der Waals surface area contributed by atoms with Crippen LogP contribution in [0.25, 0.3) is 22.0 Å². The highest BCUT2D eigenvalue weighted by molar-refractivity contribution is 6.30. The van der Waals surface area contributed by atoms with Crippen molar-refractivity contribution in [1.29, 1.82) is 10.5 Å². The molecule has 0 aliphatic heterocycles. The molecule has 5 aromatic rings. The molecular weight excluding hydrogens is 458 g/mol. The van der Waals surface area contributed by atoms with Gasteiger partial charge in [-0.15, -0.1) is 0 Å². The molecule has 0 spiro atoms. The van der Waals surface area contributed by atoms with Crippen LogP contribution in [-0.2, 0) is 12.6 Å². The summed E-state index contributed by atoms with van der Waals surface area (Å²) in [5, 5.41) is 33.3. The van der Waals surface area contributed by atoms with E-state index in [1.165, 1.54) is 0 Å². The van der Waals surface area contributed by atoms with Gasteiger partial charge >= 0.3 is 0 Å². The second kappa shape index (κ2) is 8.70. The van der Waals surface area contributed by atoms with Crippen LogP contribution in [0.1, 0.15) is 28.1 Å². The van der Waals surface area contributed by atoms with Crippen molar-refractivity contribution in [1.82, 2.24) is 14.5 Å². The SMILES string of the molecule is Cn1cncc1C(O)(c1ccc(Cl)cc1)c1ccc2nc(C#N)c(-c3ccccc3)c(C#N)c2c1. The summed E-state index contributed by atoms with van der Waals surface area (Å²) >= 11 is 6.12. The van der Waals surface area contributed by atoms with E-state index < -0.39 is 5.60 Å². The van der Waals surface area contributed by atoms with Gasteiger partial charge in [-0.3, -0.25) is 0 Å². The second-order valence-electron chi connectivity index (χ2n) is 8.14. The average Bonchev–Trinajstić information content (AvgIpc) is 3.33. The monoisotopic (exact) mass is 475 g/mol. The zero-order valence-electron chi connectivity index (χ0n) is 18.6. The highest BCUT2D eigenvalue weighted by Gasteiger charge is 2.37. The number of rotatable bonds is 4. The summed E-state index contributed by atoms with van der Waals surface area (Å²) in [6.45, 7) is 0. The van der Waals surface area contributed by atoms with Crippen LogP contribution in [-0.4, -0.2) is 19.6 Å². The Morgan fingerprint density at radius 2 is 1.66 bits per heavy atom. The molecule has 0 fully saturated rings. The molecule has 1 N–H and O–H groups in total. The van der Waals surface area contributed by atoms with Crippen molar-refractivity contribution in [2.75, 3.05) is 0 Å². The fourth-order valence-corrected chi connectivity index (χ4v) is 4.56. The maximum atomic E-state index is 12.2. The summed E-state index contributed by atoms with van der Waals surface area (Å²) in [4.78, 5) is 8.74. The van der Waals surface area contributed by atoms with E-state index in [1.807, 2.05) is 30.3 Å². The van der Waals surface area contributed by atoms with Crippen molar-refractivity contribution in [3.63, 3.8) is 0 Å². The molecule has 0 aliphatic carbocycles. The molecule has 0 saturated carbocycles. The standard InChI is InChI=1S/C28H18ClN5O/c1-34-17-32-16-26(34)28(35,19-7-10-21(29)11-8-19)20-9-12-24-22(13-20)23(14-30)27(25(15-31)33-24)18-5-3-2-4-6-18/h2-13,16-17,35H,1H3. The number of hydrogen-bond donors (Lipinski definition) is 1. The summed E-state index contributed by atoms with van der Waals surface area (Å²) in [6.07, 6.45) is 3.22. The number of halogens is 1. The Hall–Kier alpha value is -4.49. The fourth-order valence-electron chi connectivity index (χ4n) is 4.43. The smallest absolute Gasteiger partial charge is 0.156 e. The predicted octanol–water partition coefficient (Wildman–Crippen LogP) is 5.32. The van der Waals surface area contributed by atoms with E-state index in [0.29, 0.717) is 43.9 Å². The number of fused-ring (bicyclic) bond motifs is 1. The second-order valence-corrected chi connectivity index (χ2v) is 8.58. The first-order valence-electron chi connectivity index (χ1n) is 10.8. The predicted molar refractivity (Wildman–Crippen MR) is 133 cm³/mol. The molecule has 1 unspecified atom stereocenters. The summed E-state index contributed by atoms with van der Waals surface area (Å²) in [7, 11) is 1.80. The van der Waals surface area contributed by atoms with Crippen LogP contribution in [0.15, 0.2) is 85.3 Å². The van der Waals surface area contributed by atoms with Crippen LogP contribution in [0.4, 0.5) is 0 Å². The van der Waals surface area contributed by atoms with Gasteiger partial charge in [-0.2, -0.15) is 10.5 Å². The van der Waals surface area contributed by atoms with E-state index in [0.717, 1.165) is 5.56 Å². The number of pyridine rings is 1. The summed E-state index contributed by atoms with van der Waals surface area (Å²) in [5.41, 5.74) is 2.25. The lowest BCUT2D eigenvalue weighted by atomic mass is 9.82. The summed E-state index contributed by atoms with van der Waals surface area (Å²) in [6, 6.07) is 25.8. The summed E-state index contributed by atoms with van der Waals surface area (Å²) in [5.74, 6) is 0. The first kappa shape index (κ1) is 22.3. The van der Waals surface area contributed by atoms with Crippen LogP contribution in [0.2, 0.25) is 5.02 Å². The number of aromatic nitrogens is 3. The van der Waals surface area contributed by atoms with Gasteiger partial charge in [0, 0.05) is 23.0 Å². The average molecular weight is 476 g/mol. The lowest BCUT2D eigenvalue weighted by Gasteiger charge is -2.30. The van der Waals surface area contributed by atoms with E-state index in [1.54, 1.807) is 66.6 Å². The molecule has 6 nitrogen and oxygen atoms in total. The van der Waals surface area contributed by atoms with E-state index >= 15 is 0 Å². The zero-order valence-corrected chi connectivity index (χ0v) is 19.4. The topological polar surface area (TPSA) is 98.5 Å². The zero-order chi connectivity index (χ0) is 24.6. The molecular formula is C28H18ClN5O. The maximum absolute atomic E-state index is 12.2. The highest BCUT2D eigenvalue weighted by Crippen LogP contribution is 2.39. The molecule has 5 rings (SSSR count). The highest BCUT2D eigenvalue weighted by atomic mass is 35.5. The number of aryl methyl sites for hydroxylation is 1. The van der Waals surface area contributed by atoms with Crippen LogP contribution in [0.3, 0.4) is 0 Å². The third-order valence-corrected chi connectivity index (χ3v) is 6.38. The molecule has 3 aromatic carbocycles. The van der Waals surface area contributed by atoms with Gasteiger partial charge in [0.05, 0.1) is 29.3 Å². The minimum atomic E-state index is -1.59. The minimum absolute atomic E-state index is 0.174. The Kier molecular flexibility index (Phi) is 5.55. The van der Waals surface area contributed by atoms with Crippen LogP contribution in [0.5, 0.6) is 0 Å². The maximum Gasteiger partial charge on any atom is 0.156 e. The van der Waals surface area contributed by atoms with Crippen LogP contribution < -0.4 is 0 Å². The van der Waals surface area contributed by atoms with Gasteiger partial charge in [-0.1, -0.05) is 60.1 Å². The Bertz CT molecular complexity index is 1650. The van der Waals surface area contributed by atoms with Crippen molar-refractivity contribution in [3.05, 3.63) is 118 Å². The van der Waals surface area contributed by atoms with E-state index in [-0.39, 0.29) is 5.69 Å². The third kappa shape index (κ3) is 3.62. The molecule has 0 saturated heterocycles. The largest absolute Gasteiger partial charge is 0.374 e. The number of benzene rings is 3. The number of nitriles is 2. The number of aliphatic hydroxyl groups is 1. The fraction of sp³-hybridized carbons (Fsp3) is 0.0714. The Morgan fingerprint density at radius 3 is 2.29 bits per heavy atom. The molecule has 0 amide bonds. The van der Waals surface area contributed by atoms with Gasteiger partial charge in [0.15, 0.2) is 5.60 Å². The minimum Gasteiger partial charge on any atom is -0.374 e. The van der Waals surface area contributed by atoms with E-state index in [2.05, 4.69) is 22.1 Å². The van der Waals surface area contributed by atoms with Gasteiger partial charge in [0.2, 0.25) is 0 Å². The first-order valence-corrected chi connectivity index (χ1v) is 11.1. The van der Waals surface area contributed by atoms with E-state index in [4.69, 9.17) is 11.6 Å². The molecule has 35 heavy (non-hydrogen) atoms. The van der Waals surface area contributed by atoms with E-state index in [9.17, 15) is 15.6 Å². The quantitative estimate of drug-likeness (QED) is 0.379. The lowest BCUT2D eigenvalue weighted by molar-refractivity contribution is 0.117. The summed E-state index contributed by atoms with van der Waals surface area (Å²) < 4.78 is 1.75. The Labute approximate surface area is 206 Å². The third-order valence-electron chi connectivity index (χ3n) is 6.13. The van der Waals surface area contributed by atoms with Crippen molar-refractivity contribution >= 4 is 22.5 Å². The van der Waals surface area contributed by atoms with Crippen molar-refractivity contribution in [2.24, 2.45) is 7.05 Å². The molecule has 0 aliphatic rings. The van der Waals surface area contributed by atoms with Crippen molar-refractivity contribution in [2.45, 2.75) is 5.60 Å². The van der Waals surface area contributed by atoms with Crippen molar-refractivity contribution in [3.8, 4) is 23.3 Å². The van der Waals surface area contributed by atoms with Gasteiger partial charge in [-0.05, 0) is 41.0 Å². The normalized spacial score (nSPS) is 12.6. The van der Waals surface area contributed by atoms with Gasteiger partial charge in [0.1, 0.15) is 17.8 Å². The number of imidazole rings is 1. The molecule has 0 radical (unpaired) electrons. The first-order chi connectivity index (χ1) is 17.0. The molecule has 2 aromatic heterocycles. The molecule has 0 bridgehead atoms. The molecule has 7 heteroatoms. The molecule has 2 heterocycles. The van der Waals surface area contributed by atoms with Crippen LogP contribution >= 0.6 is 11.6 Å². The van der Waals surface area contributed by atoms with Gasteiger partial charge in [-0.25, -0.2) is 9.97 Å². The Balaban J connectivity index is 1.84. The number of nitrogens with zero attached hydrogens (tertiary/aromatic N) is 5. The van der Waals surface area contributed by atoms with Crippen molar-refractivity contribution < 1.29 is 5.11 Å².